The van der Waals surface area contributed by atoms with Crippen molar-refractivity contribution < 1.29 is 9.53 Å². The largest absolute Gasteiger partial charge is 0.460 e. The van der Waals surface area contributed by atoms with Gasteiger partial charge in [0.25, 0.3) is 0 Å². The second-order valence-corrected chi connectivity index (χ2v) is 3.80. The Hall–Kier alpha value is -1.77. The van der Waals surface area contributed by atoms with Gasteiger partial charge in [0.2, 0.25) is 0 Å². The van der Waals surface area contributed by atoms with Gasteiger partial charge in [-0.2, -0.15) is 0 Å². The zero-order valence-electron chi connectivity index (χ0n) is 10.4. The summed E-state index contributed by atoms with van der Waals surface area (Å²) >= 11 is 0. The quantitative estimate of drug-likeness (QED) is 0.606. The number of hydrogen-bond donors (Lipinski definition) is 1. The van der Waals surface area contributed by atoms with Gasteiger partial charge in [-0.25, -0.2) is 4.79 Å². The van der Waals surface area contributed by atoms with Gasteiger partial charge in [0.15, 0.2) is 0 Å². The van der Waals surface area contributed by atoms with Gasteiger partial charge in [0.1, 0.15) is 12.6 Å². The minimum absolute atomic E-state index is 0.250. The van der Waals surface area contributed by atoms with E-state index in [9.17, 15) is 4.79 Å². The molecule has 0 amide bonds. The molecule has 1 aromatic rings. The van der Waals surface area contributed by atoms with Crippen LogP contribution in [0.2, 0.25) is 0 Å². The van der Waals surface area contributed by atoms with Crippen molar-refractivity contribution in [1.82, 2.24) is 0 Å². The second kappa shape index (κ2) is 6.74. The summed E-state index contributed by atoms with van der Waals surface area (Å²) in [5.41, 5.74) is 2.17. The maximum atomic E-state index is 11.6. The molecule has 0 aliphatic rings. The van der Waals surface area contributed by atoms with E-state index in [1.165, 1.54) is 5.56 Å². The highest BCUT2D eigenvalue weighted by Gasteiger charge is 2.14. The van der Waals surface area contributed by atoms with Crippen LogP contribution in [0.5, 0.6) is 0 Å². The summed E-state index contributed by atoms with van der Waals surface area (Å²) in [4.78, 5) is 11.6. The SMILES string of the molecule is C=CCOC(=O)[C@H](C)Nc1ccccc1CC. The summed E-state index contributed by atoms with van der Waals surface area (Å²) in [6, 6.07) is 7.59. The fraction of sp³-hybridized carbons (Fsp3) is 0.357. The number of esters is 1. The van der Waals surface area contributed by atoms with Crippen molar-refractivity contribution >= 4 is 11.7 Å². The van der Waals surface area contributed by atoms with Crippen LogP contribution >= 0.6 is 0 Å². The van der Waals surface area contributed by atoms with Gasteiger partial charge >= 0.3 is 5.97 Å². The molecule has 1 atom stereocenters. The normalized spacial score (nSPS) is 11.6. The number of para-hydroxylation sites is 1. The Morgan fingerprint density at radius 2 is 2.24 bits per heavy atom. The lowest BCUT2D eigenvalue weighted by molar-refractivity contribution is -0.142. The molecule has 17 heavy (non-hydrogen) atoms. The Labute approximate surface area is 102 Å². The molecule has 0 bridgehead atoms. The van der Waals surface area contributed by atoms with Gasteiger partial charge in [-0.1, -0.05) is 37.8 Å². The number of rotatable bonds is 6. The van der Waals surface area contributed by atoms with Crippen molar-refractivity contribution in [2.24, 2.45) is 0 Å². The Balaban J connectivity index is 2.63. The van der Waals surface area contributed by atoms with E-state index in [2.05, 4.69) is 18.8 Å². The second-order valence-electron chi connectivity index (χ2n) is 3.80. The molecule has 0 heterocycles. The predicted molar refractivity (Wildman–Crippen MR) is 70.1 cm³/mol. The van der Waals surface area contributed by atoms with Crippen LogP contribution < -0.4 is 5.32 Å². The first-order valence-corrected chi connectivity index (χ1v) is 5.81. The molecule has 3 heteroatoms. The Morgan fingerprint density at radius 3 is 2.88 bits per heavy atom. The molecule has 0 unspecified atom stereocenters. The van der Waals surface area contributed by atoms with E-state index in [1.807, 2.05) is 24.3 Å². The van der Waals surface area contributed by atoms with Crippen LogP contribution in [-0.4, -0.2) is 18.6 Å². The number of aryl methyl sites for hydroxylation is 1. The smallest absolute Gasteiger partial charge is 0.328 e. The highest BCUT2D eigenvalue weighted by Crippen LogP contribution is 2.16. The fourth-order valence-electron chi connectivity index (χ4n) is 1.53. The van der Waals surface area contributed by atoms with Gasteiger partial charge in [-0.15, -0.1) is 0 Å². The van der Waals surface area contributed by atoms with Crippen LogP contribution in [0.15, 0.2) is 36.9 Å². The third-order valence-electron chi connectivity index (χ3n) is 2.47. The fourth-order valence-corrected chi connectivity index (χ4v) is 1.53. The maximum Gasteiger partial charge on any atom is 0.328 e. The van der Waals surface area contributed by atoms with Crippen LogP contribution in [0, 0.1) is 0 Å². The molecule has 0 spiro atoms. The highest BCUT2D eigenvalue weighted by atomic mass is 16.5. The number of ether oxygens (including phenoxy) is 1. The molecule has 3 nitrogen and oxygen atoms in total. The molecule has 1 rings (SSSR count). The van der Waals surface area contributed by atoms with E-state index in [0.29, 0.717) is 0 Å². The van der Waals surface area contributed by atoms with Gasteiger partial charge < -0.3 is 10.1 Å². The zero-order valence-corrected chi connectivity index (χ0v) is 10.4. The van der Waals surface area contributed by atoms with Crippen molar-refractivity contribution in [3.8, 4) is 0 Å². The highest BCUT2D eigenvalue weighted by molar-refractivity contribution is 5.79. The number of anilines is 1. The standard InChI is InChI=1S/C14H19NO2/c1-4-10-17-14(16)11(3)15-13-9-7-6-8-12(13)5-2/h4,6-9,11,15H,1,5,10H2,2-3H3/t11-/m0/s1. The molecule has 1 aromatic carbocycles. The molecule has 0 aliphatic heterocycles. The molecule has 0 radical (unpaired) electrons. The summed E-state index contributed by atoms with van der Waals surface area (Å²) in [5.74, 6) is -0.268. The molecule has 0 saturated heterocycles. The summed E-state index contributed by atoms with van der Waals surface area (Å²) in [6.45, 7) is 7.63. The van der Waals surface area contributed by atoms with Crippen molar-refractivity contribution in [3.05, 3.63) is 42.5 Å². The minimum atomic E-state index is -0.359. The molecule has 0 aliphatic carbocycles. The molecule has 0 fully saturated rings. The maximum absolute atomic E-state index is 11.6. The third-order valence-corrected chi connectivity index (χ3v) is 2.47. The monoisotopic (exact) mass is 233 g/mol. The van der Waals surface area contributed by atoms with Crippen molar-refractivity contribution in [1.29, 1.82) is 0 Å². The van der Waals surface area contributed by atoms with E-state index < -0.39 is 0 Å². The third kappa shape index (κ3) is 3.94. The minimum Gasteiger partial charge on any atom is -0.460 e. The first-order valence-electron chi connectivity index (χ1n) is 5.81. The summed E-state index contributed by atoms with van der Waals surface area (Å²) in [6.07, 6.45) is 2.49. The molecule has 92 valence electrons. The van der Waals surface area contributed by atoms with E-state index in [-0.39, 0.29) is 18.6 Å². The van der Waals surface area contributed by atoms with E-state index in [0.717, 1.165) is 12.1 Å². The zero-order chi connectivity index (χ0) is 12.7. The molecular formula is C14H19NO2. The van der Waals surface area contributed by atoms with E-state index >= 15 is 0 Å². The van der Waals surface area contributed by atoms with Gasteiger partial charge in [0, 0.05) is 5.69 Å². The molecular weight excluding hydrogens is 214 g/mol. The molecule has 0 aromatic heterocycles. The van der Waals surface area contributed by atoms with Crippen LogP contribution in [0.25, 0.3) is 0 Å². The summed E-state index contributed by atoms with van der Waals surface area (Å²) in [7, 11) is 0. The van der Waals surface area contributed by atoms with E-state index in [1.54, 1.807) is 13.0 Å². The average molecular weight is 233 g/mol. The number of carbonyl (C=O) groups is 1. The van der Waals surface area contributed by atoms with E-state index in [4.69, 9.17) is 4.74 Å². The number of hydrogen-bond acceptors (Lipinski definition) is 3. The Morgan fingerprint density at radius 1 is 1.53 bits per heavy atom. The molecule has 0 saturated carbocycles. The summed E-state index contributed by atoms with van der Waals surface area (Å²) < 4.78 is 4.98. The number of benzene rings is 1. The summed E-state index contributed by atoms with van der Waals surface area (Å²) in [5, 5.41) is 3.16. The van der Waals surface area contributed by atoms with Crippen molar-refractivity contribution in [3.63, 3.8) is 0 Å². The van der Waals surface area contributed by atoms with Crippen molar-refractivity contribution in [2.45, 2.75) is 26.3 Å². The van der Waals surface area contributed by atoms with Gasteiger partial charge in [-0.3, -0.25) is 0 Å². The average Bonchev–Trinajstić information content (AvgIpc) is 2.36. The lowest BCUT2D eigenvalue weighted by atomic mass is 10.1. The van der Waals surface area contributed by atoms with Crippen LogP contribution in [0.3, 0.4) is 0 Å². The Bertz CT molecular complexity index is 388. The van der Waals surface area contributed by atoms with Crippen LogP contribution in [0.4, 0.5) is 5.69 Å². The van der Waals surface area contributed by atoms with Gasteiger partial charge in [-0.05, 0) is 25.0 Å². The first kappa shape index (κ1) is 13.3. The Kier molecular flexibility index (Phi) is 5.27. The first-order chi connectivity index (χ1) is 8.19. The van der Waals surface area contributed by atoms with Crippen LogP contribution in [0.1, 0.15) is 19.4 Å². The lowest BCUT2D eigenvalue weighted by Crippen LogP contribution is -2.28. The van der Waals surface area contributed by atoms with Gasteiger partial charge in [0.05, 0.1) is 0 Å². The molecule has 1 N–H and O–H groups in total. The lowest BCUT2D eigenvalue weighted by Gasteiger charge is -2.16. The van der Waals surface area contributed by atoms with Crippen molar-refractivity contribution in [2.75, 3.05) is 11.9 Å². The predicted octanol–water partition coefficient (Wildman–Crippen LogP) is 2.78. The number of nitrogens with one attached hydrogen (secondary N) is 1. The number of carbonyl (C=O) groups excluding carboxylic acids is 1. The van der Waals surface area contributed by atoms with Crippen LogP contribution in [-0.2, 0) is 16.0 Å². The topological polar surface area (TPSA) is 38.3 Å².